The zero-order valence-corrected chi connectivity index (χ0v) is 19.2. The molecule has 1 unspecified atom stereocenters. The van der Waals surface area contributed by atoms with Gasteiger partial charge in [0.2, 0.25) is 0 Å². The number of phenolic OH excluding ortho intramolecular Hbond substituents is 1. The summed E-state index contributed by atoms with van der Waals surface area (Å²) in [5, 5.41) is 11.1. The predicted octanol–water partition coefficient (Wildman–Crippen LogP) is 7.16. The van der Waals surface area contributed by atoms with Crippen LogP contribution in [0.1, 0.15) is 104 Å². The number of hydrogen-bond acceptors (Lipinski definition) is 3. The van der Waals surface area contributed by atoms with E-state index >= 15 is 0 Å². The van der Waals surface area contributed by atoms with E-state index in [1.54, 1.807) is 0 Å². The van der Waals surface area contributed by atoms with Gasteiger partial charge < -0.3 is 9.84 Å². The second-order valence-corrected chi connectivity index (χ2v) is 10.4. The number of fused-ring (bicyclic) bond motifs is 2. The number of carbonyl (C=O) groups excluding carboxylic acids is 1. The van der Waals surface area contributed by atoms with Crippen LogP contribution in [0.4, 0.5) is 0 Å². The van der Waals surface area contributed by atoms with Gasteiger partial charge in [-0.1, -0.05) is 53.4 Å². The third-order valence-corrected chi connectivity index (χ3v) is 7.09. The number of esters is 1. The number of carbonyl (C=O) groups is 1. The lowest BCUT2D eigenvalue weighted by Gasteiger charge is -2.31. The summed E-state index contributed by atoms with van der Waals surface area (Å²) in [6.07, 6.45) is 8.78. The Hall–Kier alpha value is -1.77. The molecule has 1 atom stereocenters. The van der Waals surface area contributed by atoms with Crippen molar-refractivity contribution in [2.24, 2.45) is 11.3 Å². The minimum atomic E-state index is -0.656. The maximum Gasteiger partial charge on any atom is 0.321 e. The lowest BCUT2D eigenvalue weighted by molar-refractivity contribution is -0.141. The topological polar surface area (TPSA) is 46.5 Å². The summed E-state index contributed by atoms with van der Waals surface area (Å²) in [7, 11) is 0. The van der Waals surface area contributed by atoms with Gasteiger partial charge in [0.25, 0.3) is 0 Å². The Labute approximate surface area is 176 Å². The van der Waals surface area contributed by atoms with Crippen LogP contribution in [0.5, 0.6) is 11.5 Å². The minimum Gasteiger partial charge on any atom is -0.507 e. The molecule has 0 aromatic heterocycles. The Morgan fingerprint density at radius 1 is 1.21 bits per heavy atom. The lowest BCUT2D eigenvalue weighted by Crippen LogP contribution is -2.31. The average Bonchev–Trinajstić information content (AvgIpc) is 2.72. The molecule has 3 heteroatoms. The largest absolute Gasteiger partial charge is 0.507 e. The molecule has 3 nitrogen and oxygen atoms in total. The Kier molecular flexibility index (Phi) is 6.17. The SMILES string of the molecule is CCCCCCC(C)(C)c1cc(O)c2c(c1)OC(=O)C(C)(C)C1=C2CC(C)CC1. The number of benzene rings is 1. The van der Waals surface area contributed by atoms with Crippen molar-refractivity contribution in [3.8, 4) is 11.5 Å². The minimum absolute atomic E-state index is 0.0778. The van der Waals surface area contributed by atoms with E-state index in [2.05, 4.69) is 27.7 Å². The third kappa shape index (κ3) is 4.25. The first-order valence-electron chi connectivity index (χ1n) is 11.4. The van der Waals surface area contributed by atoms with Gasteiger partial charge in [0, 0.05) is 0 Å². The molecule has 0 radical (unpaired) electrons. The monoisotopic (exact) mass is 398 g/mol. The first-order valence-corrected chi connectivity index (χ1v) is 11.4. The summed E-state index contributed by atoms with van der Waals surface area (Å²) in [5.74, 6) is 1.13. The van der Waals surface area contributed by atoms with Crippen LogP contribution in [-0.4, -0.2) is 11.1 Å². The first kappa shape index (κ1) is 21.9. The number of hydrogen-bond donors (Lipinski definition) is 1. The van der Waals surface area contributed by atoms with E-state index in [1.807, 2.05) is 26.0 Å². The number of allylic oxidation sites excluding steroid dienone is 1. The van der Waals surface area contributed by atoms with E-state index in [1.165, 1.54) is 25.7 Å². The molecule has 1 N–H and O–H groups in total. The second kappa shape index (κ2) is 8.16. The lowest BCUT2D eigenvalue weighted by atomic mass is 9.71. The molecule has 0 spiro atoms. The van der Waals surface area contributed by atoms with Gasteiger partial charge in [0.1, 0.15) is 11.5 Å². The molecule has 1 aliphatic heterocycles. The Morgan fingerprint density at radius 2 is 1.93 bits per heavy atom. The van der Waals surface area contributed by atoms with Crippen molar-refractivity contribution in [3.63, 3.8) is 0 Å². The molecule has 0 bridgehead atoms. The molecule has 1 heterocycles. The van der Waals surface area contributed by atoms with Gasteiger partial charge in [-0.25, -0.2) is 0 Å². The van der Waals surface area contributed by atoms with Crippen LogP contribution in [0, 0.1) is 11.3 Å². The highest BCUT2D eigenvalue weighted by molar-refractivity contribution is 5.92. The molecule has 1 aliphatic carbocycles. The molecule has 0 saturated carbocycles. The molecular weight excluding hydrogens is 360 g/mol. The van der Waals surface area contributed by atoms with Crippen molar-refractivity contribution < 1.29 is 14.6 Å². The molecule has 0 amide bonds. The number of unbranched alkanes of at least 4 members (excludes halogenated alkanes) is 3. The van der Waals surface area contributed by atoms with Crippen molar-refractivity contribution in [3.05, 3.63) is 28.8 Å². The normalized spacial score (nSPS) is 21.3. The summed E-state index contributed by atoms with van der Waals surface area (Å²) >= 11 is 0. The Balaban J connectivity index is 2.04. The molecule has 160 valence electrons. The van der Waals surface area contributed by atoms with Crippen LogP contribution in [0.2, 0.25) is 0 Å². The smallest absolute Gasteiger partial charge is 0.321 e. The number of aromatic hydroxyl groups is 1. The van der Waals surface area contributed by atoms with E-state index in [4.69, 9.17) is 4.74 Å². The van der Waals surface area contributed by atoms with Crippen molar-refractivity contribution in [1.82, 2.24) is 0 Å². The summed E-state index contributed by atoms with van der Waals surface area (Å²) in [6.45, 7) is 12.8. The Morgan fingerprint density at radius 3 is 2.62 bits per heavy atom. The van der Waals surface area contributed by atoms with E-state index in [9.17, 15) is 9.90 Å². The van der Waals surface area contributed by atoms with E-state index in [-0.39, 0.29) is 17.1 Å². The maximum absolute atomic E-state index is 13.0. The fourth-order valence-corrected chi connectivity index (χ4v) is 4.92. The van der Waals surface area contributed by atoms with E-state index in [0.717, 1.165) is 48.0 Å². The molecule has 3 rings (SSSR count). The van der Waals surface area contributed by atoms with Crippen molar-refractivity contribution in [1.29, 1.82) is 0 Å². The molecule has 0 saturated heterocycles. The van der Waals surface area contributed by atoms with Gasteiger partial charge in [0.05, 0.1) is 11.0 Å². The molecule has 0 fully saturated rings. The number of rotatable bonds is 6. The highest BCUT2D eigenvalue weighted by Crippen LogP contribution is 2.52. The average molecular weight is 399 g/mol. The summed E-state index contributed by atoms with van der Waals surface area (Å²) in [4.78, 5) is 13.0. The summed E-state index contributed by atoms with van der Waals surface area (Å²) < 4.78 is 5.92. The highest BCUT2D eigenvalue weighted by atomic mass is 16.5. The molecular formula is C26H38O3. The van der Waals surface area contributed by atoms with Gasteiger partial charge in [-0.2, -0.15) is 0 Å². The standard InChI is InChI=1S/C26H38O3/c1-7-8-9-10-13-25(3,4)18-15-21(27)23-19-14-17(2)11-12-20(19)26(5,6)24(28)29-22(23)16-18/h15-17,27H,7-14H2,1-6H3. The zero-order chi connectivity index (χ0) is 21.4. The first-order chi connectivity index (χ1) is 13.6. The van der Waals surface area contributed by atoms with Crippen LogP contribution < -0.4 is 4.74 Å². The van der Waals surface area contributed by atoms with E-state index < -0.39 is 5.41 Å². The van der Waals surface area contributed by atoms with Crippen LogP contribution in [0.15, 0.2) is 17.7 Å². The van der Waals surface area contributed by atoms with Crippen molar-refractivity contribution in [2.75, 3.05) is 0 Å². The maximum atomic E-state index is 13.0. The van der Waals surface area contributed by atoms with E-state index in [0.29, 0.717) is 11.7 Å². The number of ether oxygens (including phenoxy) is 1. The molecule has 2 aliphatic rings. The third-order valence-electron chi connectivity index (χ3n) is 7.09. The zero-order valence-electron chi connectivity index (χ0n) is 19.2. The second-order valence-electron chi connectivity index (χ2n) is 10.4. The van der Waals surface area contributed by atoms with Gasteiger partial charge >= 0.3 is 5.97 Å². The van der Waals surface area contributed by atoms with Crippen LogP contribution >= 0.6 is 0 Å². The Bertz CT molecular complexity index is 813. The van der Waals surface area contributed by atoms with Crippen molar-refractivity contribution in [2.45, 2.75) is 98.3 Å². The summed E-state index contributed by atoms with van der Waals surface area (Å²) in [6, 6.07) is 3.92. The van der Waals surface area contributed by atoms with Crippen molar-refractivity contribution >= 4 is 11.5 Å². The molecule has 1 aromatic carbocycles. The van der Waals surface area contributed by atoms with Gasteiger partial charge in [-0.05, 0) is 79.7 Å². The van der Waals surface area contributed by atoms with Gasteiger partial charge in [0.15, 0.2) is 0 Å². The fraction of sp³-hybridized carbons (Fsp3) is 0.654. The van der Waals surface area contributed by atoms with Crippen LogP contribution in [0.25, 0.3) is 5.57 Å². The van der Waals surface area contributed by atoms with Gasteiger partial charge in [-0.15, -0.1) is 0 Å². The molecule has 29 heavy (non-hydrogen) atoms. The van der Waals surface area contributed by atoms with Crippen LogP contribution in [0.3, 0.4) is 0 Å². The van der Waals surface area contributed by atoms with Crippen LogP contribution in [-0.2, 0) is 10.2 Å². The van der Waals surface area contributed by atoms with Gasteiger partial charge in [-0.3, -0.25) is 4.79 Å². The fourth-order valence-electron chi connectivity index (χ4n) is 4.92. The highest BCUT2D eigenvalue weighted by Gasteiger charge is 2.42. The summed E-state index contributed by atoms with van der Waals surface area (Å²) in [5.41, 5.74) is 3.32. The molecule has 1 aromatic rings. The number of phenols is 1. The quantitative estimate of drug-likeness (QED) is 0.314. The predicted molar refractivity (Wildman–Crippen MR) is 119 cm³/mol.